The van der Waals surface area contributed by atoms with E-state index in [2.05, 4.69) is 19.9 Å². The van der Waals surface area contributed by atoms with Crippen molar-refractivity contribution in [3.8, 4) is 5.75 Å². The minimum absolute atomic E-state index is 0.165. The van der Waals surface area contributed by atoms with E-state index in [0.29, 0.717) is 0 Å². The molecule has 1 aromatic heterocycles. The van der Waals surface area contributed by atoms with Gasteiger partial charge in [-0.05, 0) is 57.0 Å². The van der Waals surface area contributed by atoms with Gasteiger partial charge in [0.15, 0.2) is 0 Å². The molecule has 0 aliphatic rings. The minimum atomic E-state index is -0.550. The zero-order chi connectivity index (χ0) is 14.0. The van der Waals surface area contributed by atoms with Gasteiger partial charge in [0.25, 0.3) is 0 Å². The highest BCUT2D eigenvalue weighted by atomic mass is 32.1. The van der Waals surface area contributed by atoms with Gasteiger partial charge in [0.2, 0.25) is 0 Å². The van der Waals surface area contributed by atoms with E-state index in [9.17, 15) is 5.11 Å². The lowest BCUT2D eigenvalue weighted by molar-refractivity contribution is 0.223. The molecule has 102 valence electrons. The molecule has 1 heterocycles. The van der Waals surface area contributed by atoms with Crippen LogP contribution in [0.4, 0.5) is 0 Å². The van der Waals surface area contributed by atoms with E-state index >= 15 is 0 Å². The summed E-state index contributed by atoms with van der Waals surface area (Å²) in [6, 6.07) is 9.72. The second kappa shape index (κ2) is 5.76. The molecule has 0 aliphatic carbocycles. The highest BCUT2D eigenvalue weighted by Crippen LogP contribution is 2.31. The van der Waals surface area contributed by atoms with Crippen molar-refractivity contribution in [3.05, 3.63) is 51.2 Å². The van der Waals surface area contributed by atoms with Crippen LogP contribution in [0.5, 0.6) is 5.75 Å². The molecule has 0 fully saturated rings. The average molecular weight is 276 g/mol. The molecule has 0 saturated carbocycles. The van der Waals surface area contributed by atoms with Crippen molar-refractivity contribution in [2.75, 3.05) is 0 Å². The standard InChI is InChI=1S/C16H20O2S/c1-10(2)18-14-7-5-13(6-8-14)16(17)15-9-11(3)12(4)19-15/h5-10,16-17H,1-4H3. The van der Waals surface area contributed by atoms with Gasteiger partial charge in [-0.1, -0.05) is 12.1 Å². The molecule has 0 amide bonds. The lowest BCUT2D eigenvalue weighted by Gasteiger charge is -2.12. The Morgan fingerprint density at radius 1 is 1.11 bits per heavy atom. The monoisotopic (exact) mass is 276 g/mol. The van der Waals surface area contributed by atoms with Gasteiger partial charge in [0.05, 0.1) is 6.10 Å². The van der Waals surface area contributed by atoms with Gasteiger partial charge in [-0.2, -0.15) is 0 Å². The molecular formula is C16H20O2S. The number of aliphatic hydroxyl groups excluding tert-OH is 1. The van der Waals surface area contributed by atoms with Crippen molar-refractivity contribution in [3.63, 3.8) is 0 Å². The normalized spacial score (nSPS) is 12.7. The third kappa shape index (κ3) is 3.37. The Balaban J connectivity index is 2.17. The number of benzene rings is 1. The zero-order valence-electron chi connectivity index (χ0n) is 11.8. The van der Waals surface area contributed by atoms with Gasteiger partial charge in [0.1, 0.15) is 11.9 Å². The van der Waals surface area contributed by atoms with Gasteiger partial charge >= 0.3 is 0 Å². The minimum Gasteiger partial charge on any atom is -0.491 e. The third-order valence-corrected chi connectivity index (χ3v) is 4.23. The number of hydrogen-bond acceptors (Lipinski definition) is 3. The molecule has 1 N–H and O–H groups in total. The van der Waals surface area contributed by atoms with Crippen LogP contribution in [0.3, 0.4) is 0 Å². The Labute approximate surface area is 118 Å². The topological polar surface area (TPSA) is 29.5 Å². The fourth-order valence-electron chi connectivity index (χ4n) is 1.90. The highest BCUT2D eigenvalue weighted by molar-refractivity contribution is 7.12. The van der Waals surface area contributed by atoms with Crippen molar-refractivity contribution in [2.24, 2.45) is 0 Å². The van der Waals surface area contributed by atoms with Crippen LogP contribution in [0.2, 0.25) is 0 Å². The maximum Gasteiger partial charge on any atom is 0.119 e. The zero-order valence-corrected chi connectivity index (χ0v) is 12.6. The second-order valence-electron chi connectivity index (χ2n) is 5.03. The van der Waals surface area contributed by atoms with Gasteiger partial charge in [-0.3, -0.25) is 0 Å². The summed E-state index contributed by atoms with van der Waals surface area (Å²) in [6.45, 7) is 8.15. The lowest BCUT2D eigenvalue weighted by atomic mass is 10.1. The largest absolute Gasteiger partial charge is 0.491 e. The SMILES string of the molecule is Cc1cc(C(O)c2ccc(OC(C)C)cc2)sc1C. The fourth-order valence-corrected chi connectivity index (χ4v) is 2.96. The summed E-state index contributed by atoms with van der Waals surface area (Å²) < 4.78 is 5.60. The van der Waals surface area contributed by atoms with Crippen LogP contribution < -0.4 is 4.74 Å². The number of hydrogen-bond donors (Lipinski definition) is 1. The summed E-state index contributed by atoms with van der Waals surface area (Å²) in [5.74, 6) is 0.837. The van der Waals surface area contributed by atoms with E-state index in [-0.39, 0.29) is 6.10 Å². The first-order chi connectivity index (χ1) is 8.97. The van der Waals surface area contributed by atoms with Crippen molar-refractivity contribution in [1.82, 2.24) is 0 Å². The average Bonchev–Trinajstić information content (AvgIpc) is 2.69. The maximum atomic E-state index is 10.4. The van der Waals surface area contributed by atoms with E-state index in [1.165, 1.54) is 10.4 Å². The first-order valence-corrected chi connectivity index (χ1v) is 7.30. The summed E-state index contributed by atoms with van der Waals surface area (Å²) in [5.41, 5.74) is 2.14. The molecule has 1 aromatic carbocycles. The Hall–Kier alpha value is -1.32. The molecule has 2 aromatic rings. The summed E-state index contributed by atoms with van der Waals surface area (Å²) in [4.78, 5) is 2.25. The van der Waals surface area contributed by atoms with Crippen molar-refractivity contribution < 1.29 is 9.84 Å². The van der Waals surface area contributed by atoms with Crippen LogP contribution in [0.15, 0.2) is 30.3 Å². The molecule has 19 heavy (non-hydrogen) atoms. The summed E-state index contributed by atoms with van der Waals surface area (Å²) in [6.07, 6.45) is -0.385. The Bertz CT molecular complexity index is 521. The smallest absolute Gasteiger partial charge is 0.119 e. The molecule has 1 unspecified atom stereocenters. The predicted octanol–water partition coefficient (Wildman–Crippen LogP) is 4.23. The van der Waals surface area contributed by atoms with Crippen molar-refractivity contribution in [1.29, 1.82) is 0 Å². The van der Waals surface area contributed by atoms with E-state index in [1.807, 2.05) is 38.1 Å². The molecule has 0 bridgehead atoms. The highest BCUT2D eigenvalue weighted by Gasteiger charge is 2.14. The van der Waals surface area contributed by atoms with Crippen LogP contribution in [0.25, 0.3) is 0 Å². The van der Waals surface area contributed by atoms with E-state index in [1.54, 1.807) is 11.3 Å². The first-order valence-electron chi connectivity index (χ1n) is 6.49. The first kappa shape index (κ1) is 14.1. The lowest BCUT2D eigenvalue weighted by Crippen LogP contribution is -2.05. The van der Waals surface area contributed by atoms with Crippen LogP contribution >= 0.6 is 11.3 Å². The summed E-state index contributed by atoms with van der Waals surface area (Å²) in [5, 5.41) is 10.4. The number of aryl methyl sites for hydroxylation is 2. The van der Waals surface area contributed by atoms with E-state index in [4.69, 9.17) is 4.74 Å². The molecular weight excluding hydrogens is 256 g/mol. The number of thiophene rings is 1. The van der Waals surface area contributed by atoms with Gasteiger partial charge in [-0.25, -0.2) is 0 Å². The van der Waals surface area contributed by atoms with E-state index < -0.39 is 6.10 Å². The number of rotatable bonds is 4. The van der Waals surface area contributed by atoms with Crippen LogP contribution in [-0.2, 0) is 0 Å². The van der Waals surface area contributed by atoms with Gasteiger partial charge < -0.3 is 9.84 Å². The number of ether oxygens (including phenoxy) is 1. The summed E-state index contributed by atoms with van der Waals surface area (Å²) >= 11 is 1.65. The van der Waals surface area contributed by atoms with Gasteiger partial charge in [0, 0.05) is 9.75 Å². The fraction of sp³-hybridized carbons (Fsp3) is 0.375. The van der Waals surface area contributed by atoms with E-state index in [0.717, 1.165) is 16.2 Å². The maximum absolute atomic E-state index is 10.4. The van der Waals surface area contributed by atoms with Crippen LogP contribution in [-0.4, -0.2) is 11.2 Å². The Morgan fingerprint density at radius 2 is 1.74 bits per heavy atom. The van der Waals surface area contributed by atoms with Gasteiger partial charge in [-0.15, -0.1) is 11.3 Å². The molecule has 3 heteroatoms. The van der Waals surface area contributed by atoms with Crippen LogP contribution in [0, 0.1) is 13.8 Å². The molecule has 2 nitrogen and oxygen atoms in total. The second-order valence-corrected chi connectivity index (χ2v) is 6.31. The predicted molar refractivity (Wildman–Crippen MR) is 80.1 cm³/mol. The van der Waals surface area contributed by atoms with Crippen molar-refractivity contribution >= 4 is 11.3 Å². The molecule has 0 saturated heterocycles. The van der Waals surface area contributed by atoms with Crippen LogP contribution in [0.1, 0.15) is 40.8 Å². The summed E-state index contributed by atoms with van der Waals surface area (Å²) in [7, 11) is 0. The number of aliphatic hydroxyl groups is 1. The molecule has 0 radical (unpaired) electrons. The molecule has 0 spiro atoms. The van der Waals surface area contributed by atoms with Crippen molar-refractivity contribution in [2.45, 2.75) is 39.9 Å². The Kier molecular flexibility index (Phi) is 4.27. The molecule has 2 rings (SSSR count). The third-order valence-electron chi connectivity index (χ3n) is 3.02. The molecule has 1 atom stereocenters. The Morgan fingerprint density at radius 3 is 2.21 bits per heavy atom. The quantitative estimate of drug-likeness (QED) is 0.905. The molecule has 0 aliphatic heterocycles.